The van der Waals surface area contributed by atoms with Crippen LogP contribution in [0, 0.1) is 0 Å². The van der Waals surface area contributed by atoms with Crippen molar-refractivity contribution in [1.82, 2.24) is 5.48 Å². The summed E-state index contributed by atoms with van der Waals surface area (Å²) in [4.78, 5) is 15.3. The second kappa shape index (κ2) is 4.69. The molecular formula is C8H9ClN2O2. The van der Waals surface area contributed by atoms with Crippen molar-refractivity contribution < 1.29 is 9.63 Å². The third-order valence-corrected chi connectivity index (χ3v) is 1.55. The van der Waals surface area contributed by atoms with Crippen molar-refractivity contribution in [3.8, 4) is 0 Å². The molecule has 2 amide bonds. The van der Waals surface area contributed by atoms with E-state index in [9.17, 15) is 4.79 Å². The summed E-state index contributed by atoms with van der Waals surface area (Å²) >= 11 is 5.66. The minimum absolute atomic E-state index is 0.426. The van der Waals surface area contributed by atoms with Crippen molar-refractivity contribution in [3.63, 3.8) is 0 Å². The van der Waals surface area contributed by atoms with Crippen LogP contribution in [0.5, 0.6) is 0 Å². The van der Waals surface area contributed by atoms with E-state index < -0.39 is 6.03 Å². The van der Waals surface area contributed by atoms with E-state index in [1.54, 1.807) is 24.3 Å². The normalized spacial score (nSPS) is 9.38. The van der Waals surface area contributed by atoms with Crippen LogP contribution in [0.3, 0.4) is 0 Å². The molecule has 0 bridgehead atoms. The standard InChI is InChI=1S/C8H9ClN2O2/c1-13-11-8(12)10-7-4-2-6(9)3-5-7/h2-5H,1H3,(H2,10,11,12). The molecule has 1 aromatic carbocycles. The lowest BCUT2D eigenvalue weighted by molar-refractivity contribution is 0.114. The number of rotatable bonds is 2. The summed E-state index contributed by atoms with van der Waals surface area (Å²) in [6.07, 6.45) is 0. The summed E-state index contributed by atoms with van der Waals surface area (Å²) in [6, 6.07) is 6.33. The number of benzene rings is 1. The maximum Gasteiger partial charge on any atom is 0.343 e. The SMILES string of the molecule is CONC(=O)Nc1ccc(Cl)cc1. The Balaban J connectivity index is 2.54. The Labute approximate surface area is 80.8 Å². The Morgan fingerprint density at radius 3 is 2.54 bits per heavy atom. The Kier molecular flexibility index (Phi) is 3.54. The lowest BCUT2D eigenvalue weighted by atomic mass is 10.3. The molecule has 5 heteroatoms. The number of hydrogen-bond donors (Lipinski definition) is 2. The fourth-order valence-electron chi connectivity index (χ4n) is 0.783. The second-order valence-corrected chi connectivity index (χ2v) is 2.70. The molecule has 1 rings (SSSR count). The third kappa shape index (κ3) is 3.31. The van der Waals surface area contributed by atoms with Gasteiger partial charge < -0.3 is 5.32 Å². The Morgan fingerprint density at radius 2 is 2.00 bits per heavy atom. The van der Waals surface area contributed by atoms with E-state index in [2.05, 4.69) is 15.6 Å². The number of hydrogen-bond acceptors (Lipinski definition) is 2. The average Bonchev–Trinajstić information content (AvgIpc) is 2.09. The summed E-state index contributed by atoms with van der Waals surface area (Å²) in [5, 5.41) is 3.16. The number of urea groups is 1. The minimum atomic E-state index is -0.426. The van der Waals surface area contributed by atoms with Crippen molar-refractivity contribution in [3.05, 3.63) is 29.3 Å². The third-order valence-electron chi connectivity index (χ3n) is 1.30. The lowest BCUT2D eigenvalue weighted by Crippen LogP contribution is -2.27. The number of amides is 2. The first-order valence-electron chi connectivity index (χ1n) is 3.58. The van der Waals surface area contributed by atoms with Gasteiger partial charge in [0.15, 0.2) is 0 Å². The second-order valence-electron chi connectivity index (χ2n) is 2.27. The average molecular weight is 201 g/mol. The van der Waals surface area contributed by atoms with Crippen LogP contribution in [0.1, 0.15) is 0 Å². The smallest absolute Gasteiger partial charge is 0.306 e. The molecule has 0 spiro atoms. The van der Waals surface area contributed by atoms with Gasteiger partial charge in [-0.2, -0.15) is 0 Å². The van der Waals surface area contributed by atoms with Crippen LogP contribution >= 0.6 is 11.6 Å². The van der Waals surface area contributed by atoms with Crippen molar-refractivity contribution in [1.29, 1.82) is 0 Å². The van der Waals surface area contributed by atoms with Gasteiger partial charge in [-0.25, -0.2) is 10.3 Å². The van der Waals surface area contributed by atoms with Gasteiger partial charge in [0.05, 0.1) is 7.11 Å². The number of halogens is 1. The first-order valence-corrected chi connectivity index (χ1v) is 3.95. The number of anilines is 1. The Bertz CT molecular complexity index is 287. The summed E-state index contributed by atoms with van der Waals surface area (Å²) in [5.41, 5.74) is 2.78. The van der Waals surface area contributed by atoms with E-state index in [1.165, 1.54) is 7.11 Å². The maximum absolute atomic E-state index is 10.9. The van der Waals surface area contributed by atoms with E-state index in [1.807, 2.05) is 0 Å². The molecule has 0 aliphatic heterocycles. The summed E-state index contributed by atoms with van der Waals surface area (Å²) < 4.78 is 0. The Hall–Kier alpha value is -1.26. The van der Waals surface area contributed by atoms with Gasteiger partial charge in [0.25, 0.3) is 0 Å². The molecule has 0 heterocycles. The monoisotopic (exact) mass is 200 g/mol. The zero-order valence-electron chi connectivity index (χ0n) is 7.00. The first-order chi connectivity index (χ1) is 6.22. The number of nitrogens with one attached hydrogen (secondary N) is 2. The summed E-state index contributed by atoms with van der Waals surface area (Å²) in [6.45, 7) is 0. The van der Waals surface area contributed by atoms with E-state index in [0.717, 1.165) is 0 Å². The van der Waals surface area contributed by atoms with E-state index in [4.69, 9.17) is 11.6 Å². The molecule has 0 saturated carbocycles. The highest BCUT2D eigenvalue weighted by Crippen LogP contribution is 2.12. The van der Waals surface area contributed by atoms with Gasteiger partial charge in [-0.3, -0.25) is 4.84 Å². The highest BCUT2D eigenvalue weighted by Gasteiger charge is 1.98. The van der Waals surface area contributed by atoms with Crippen molar-refractivity contribution >= 4 is 23.3 Å². The summed E-state index contributed by atoms with van der Waals surface area (Å²) in [7, 11) is 1.36. The maximum atomic E-state index is 10.9. The van der Waals surface area contributed by atoms with Gasteiger partial charge in [0.2, 0.25) is 0 Å². The molecule has 2 N–H and O–H groups in total. The van der Waals surface area contributed by atoms with Crippen LogP contribution < -0.4 is 10.8 Å². The van der Waals surface area contributed by atoms with Crippen molar-refractivity contribution in [2.75, 3.05) is 12.4 Å². The van der Waals surface area contributed by atoms with Crippen LogP contribution in [-0.4, -0.2) is 13.1 Å². The molecule has 4 nitrogen and oxygen atoms in total. The first kappa shape index (κ1) is 9.83. The summed E-state index contributed by atoms with van der Waals surface area (Å²) in [5.74, 6) is 0. The number of carbonyl (C=O) groups is 1. The molecule has 0 aliphatic carbocycles. The quantitative estimate of drug-likeness (QED) is 0.718. The zero-order chi connectivity index (χ0) is 9.68. The molecule has 0 atom stereocenters. The predicted molar refractivity (Wildman–Crippen MR) is 50.6 cm³/mol. The van der Waals surface area contributed by atoms with Crippen LogP contribution in [0.4, 0.5) is 10.5 Å². The predicted octanol–water partition coefficient (Wildman–Crippen LogP) is 2.02. The highest BCUT2D eigenvalue weighted by atomic mass is 35.5. The molecule has 13 heavy (non-hydrogen) atoms. The number of carbonyl (C=O) groups excluding carboxylic acids is 1. The van der Waals surface area contributed by atoms with Crippen molar-refractivity contribution in [2.45, 2.75) is 0 Å². The van der Waals surface area contributed by atoms with Gasteiger partial charge in [0.1, 0.15) is 0 Å². The van der Waals surface area contributed by atoms with Gasteiger partial charge in [0, 0.05) is 10.7 Å². The fraction of sp³-hybridized carbons (Fsp3) is 0.125. The van der Waals surface area contributed by atoms with E-state index in [0.29, 0.717) is 10.7 Å². The molecular weight excluding hydrogens is 192 g/mol. The van der Waals surface area contributed by atoms with Crippen LogP contribution in [0.15, 0.2) is 24.3 Å². The van der Waals surface area contributed by atoms with Crippen LogP contribution in [0.25, 0.3) is 0 Å². The molecule has 0 unspecified atom stereocenters. The molecule has 1 aromatic rings. The number of hydroxylamine groups is 1. The molecule has 0 aromatic heterocycles. The molecule has 0 radical (unpaired) electrons. The minimum Gasteiger partial charge on any atom is -0.306 e. The van der Waals surface area contributed by atoms with E-state index in [-0.39, 0.29) is 0 Å². The van der Waals surface area contributed by atoms with Gasteiger partial charge >= 0.3 is 6.03 Å². The van der Waals surface area contributed by atoms with Crippen LogP contribution in [0.2, 0.25) is 5.02 Å². The highest BCUT2D eigenvalue weighted by molar-refractivity contribution is 6.30. The zero-order valence-corrected chi connectivity index (χ0v) is 7.76. The van der Waals surface area contributed by atoms with Gasteiger partial charge in [-0.05, 0) is 24.3 Å². The van der Waals surface area contributed by atoms with Crippen LogP contribution in [-0.2, 0) is 4.84 Å². The van der Waals surface area contributed by atoms with Crippen molar-refractivity contribution in [2.24, 2.45) is 0 Å². The van der Waals surface area contributed by atoms with Gasteiger partial charge in [-0.1, -0.05) is 11.6 Å². The molecule has 70 valence electrons. The lowest BCUT2D eigenvalue weighted by Gasteiger charge is -2.04. The molecule has 0 saturated heterocycles. The fourth-order valence-corrected chi connectivity index (χ4v) is 0.909. The van der Waals surface area contributed by atoms with Gasteiger partial charge in [-0.15, -0.1) is 0 Å². The molecule has 0 fully saturated rings. The largest absolute Gasteiger partial charge is 0.343 e. The topological polar surface area (TPSA) is 50.4 Å². The Morgan fingerprint density at radius 1 is 1.38 bits per heavy atom. The molecule has 0 aliphatic rings. The van der Waals surface area contributed by atoms with E-state index >= 15 is 0 Å².